The van der Waals surface area contributed by atoms with Gasteiger partial charge in [0.15, 0.2) is 0 Å². The van der Waals surface area contributed by atoms with E-state index in [2.05, 4.69) is 16.0 Å². The number of ether oxygens (including phenoxy) is 5. The molecule has 0 bridgehead atoms. The number of rotatable bonds is 29. The summed E-state index contributed by atoms with van der Waals surface area (Å²) in [5.74, 6) is -3.18. The Kier molecular flexibility index (Phi) is 21.5. The minimum Gasteiger partial charge on any atom is -0.493 e. The van der Waals surface area contributed by atoms with E-state index in [9.17, 15) is 43.5 Å². The Morgan fingerprint density at radius 2 is 1.26 bits per heavy atom. The number of halogens is 2. The van der Waals surface area contributed by atoms with E-state index in [0.717, 1.165) is 9.47 Å². The van der Waals surface area contributed by atoms with Crippen LogP contribution in [0.3, 0.4) is 0 Å². The van der Waals surface area contributed by atoms with E-state index in [4.69, 9.17) is 46.9 Å². The molecule has 0 unspecified atom stereocenters. The van der Waals surface area contributed by atoms with Crippen molar-refractivity contribution in [3.63, 3.8) is 0 Å². The first-order valence-electron chi connectivity index (χ1n) is 21.0. The maximum absolute atomic E-state index is 13.2. The molecule has 2 aromatic carbocycles. The van der Waals surface area contributed by atoms with Crippen LogP contribution in [-0.4, -0.2) is 140 Å². The maximum Gasteiger partial charge on any atom is 0.330 e. The number of aromatic nitrogens is 2. The molecule has 0 aliphatic carbocycles. The van der Waals surface area contributed by atoms with Gasteiger partial charge in [0.1, 0.15) is 11.8 Å². The molecule has 1 aliphatic heterocycles. The van der Waals surface area contributed by atoms with Crippen molar-refractivity contribution in [1.29, 1.82) is 0 Å². The van der Waals surface area contributed by atoms with Gasteiger partial charge in [-0.1, -0.05) is 47.5 Å². The van der Waals surface area contributed by atoms with Gasteiger partial charge in [-0.2, -0.15) is 0 Å². The predicted octanol–water partition coefficient (Wildman–Crippen LogP) is 1.56. The van der Waals surface area contributed by atoms with E-state index < -0.39 is 41.0 Å². The van der Waals surface area contributed by atoms with Gasteiger partial charge in [0, 0.05) is 70.8 Å². The third kappa shape index (κ3) is 16.2. The molecule has 66 heavy (non-hydrogen) atoms. The fraction of sp³-hybridized carbons (Fsp3) is 0.455. The quantitative estimate of drug-likeness (QED) is 0.0570. The molecule has 2 heterocycles. The Morgan fingerprint density at radius 1 is 0.712 bits per heavy atom. The van der Waals surface area contributed by atoms with Crippen LogP contribution in [0.4, 0.5) is 0 Å². The van der Waals surface area contributed by atoms with E-state index in [-0.39, 0.29) is 85.3 Å². The fourth-order valence-electron chi connectivity index (χ4n) is 6.32. The third-order valence-corrected chi connectivity index (χ3v) is 10.6. The smallest absolute Gasteiger partial charge is 0.330 e. The highest BCUT2D eigenvalue weighted by Crippen LogP contribution is 2.31. The van der Waals surface area contributed by atoms with E-state index in [1.807, 2.05) is 0 Å². The van der Waals surface area contributed by atoms with Gasteiger partial charge in [-0.15, -0.1) is 0 Å². The molecule has 358 valence electrons. The third-order valence-electron chi connectivity index (χ3n) is 10.0. The normalized spacial score (nSPS) is 12.7. The number of amides is 5. The highest BCUT2D eigenvalue weighted by molar-refractivity contribution is 6.40. The summed E-state index contributed by atoms with van der Waals surface area (Å²) in [6, 6.07) is 7.99. The monoisotopic (exact) mass is 960 g/mol. The Morgan fingerprint density at radius 3 is 1.85 bits per heavy atom. The van der Waals surface area contributed by atoms with Gasteiger partial charge in [-0.25, -0.2) is 9.59 Å². The molecule has 0 spiro atoms. The molecular weight excluding hydrogens is 907 g/mol. The lowest BCUT2D eigenvalue weighted by molar-refractivity contribution is -0.139. The molecule has 1 atom stereocenters. The predicted molar refractivity (Wildman–Crippen MR) is 241 cm³/mol. The van der Waals surface area contributed by atoms with Crippen molar-refractivity contribution in [3.8, 4) is 16.9 Å². The van der Waals surface area contributed by atoms with Crippen molar-refractivity contribution in [1.82, 2.24) is 30.0 Å². The van der Waals surface area contributed by atoms with E-state index in [1.165, 1.54) is 35.9 Å². The number of nitrogens with zero attached hydrogens (tertiary/aromatic N) is 3. The molecule has 20 nitrogen and oxygen atoms in total. The topological polar surface area (TPSA) is 252 Å². The average molecular weight is 962 g/mol. The lowest BCUT2D eigenvalue weighted by Crippen LogP contribution is -2.42. The van der Waals surface area contributed by atoms with Crippen LogP contribution in [0, 0.1) is 6.92 Å². The number of aliphatic carboxylic acids is 1. The summed E-state index contributed by atoms with van der Waals surface area (Å²) < 4.78 is 29.8. The molecular formula is C44H54Cl2N6O14. The van der Waals surface area contributed by atoms with Crippen molar-refractivity contribution >= 4 is 58.7 Å². The summed E-state index contributed by atoms with van der Waals surface area (Å²) in [6.07, 6.45) is 2.86. The number of carbonyl (C=O) groups is 6. The molecule has 4 rings (SSSR count). The molecule has 0 saturated heterocycles. The Bertz CT molecular complexity index is 2310. The second-order valence-electron chi connectivity index (χ2n) is 14.7. The number of hydrogen-bond donors (Lipinski definition) is 4. The molecule has 0 radical (unpaired) electrons. The Labute approximate surface area is 390 Å². The number of benzene rings is 2. The van der Waals surface area contributed by atoms with Gasteiger partial charge in [-0.05, 0) is 36.6 Å². The van der Waals surface area contributed by atoms with Crippen LogP contribution < -0.4 is 31.9 Å². The summed E-state index contributed by atoms with van der Waals surface area (Å²) in [5, 5.41) is 17.7. The standard InChI is InChI=1S/C44H54Cl2N6O14/c1-28-39(42(58)51(3)44(61)50(28)2)30-7-5-29(6-8-30)25-34(43(59)60)49-41(57)40-32(45)26-31(27-33(40)46)66-16-4-13-47-36(54)12-17-62-19-21-64-23-24-65-22-20-63-18-14-48-35(53)11-15-52-37(55)9-10-38(52)56/h5-10,26-27,34H,4,11-25H2,1-3H3,(H,47,54)(H,48,53)(H,49,57)(H,59,60)/t34-/m0/s1. The molecule has 3 aromatic rings. The van der Waals surface area contributed by atoms with Gasteiger partial charge in [0.05, 0.1) is 80.6 Å². The summed E-state index contributed by atoms with van der Waals surface area (Å²) in [4.78, 5) is 98.5. The highest BCUT2D eigenvalue weighted by Gasteiger charge is 2.26. The van der Waals surface area contributed by atoms with Crippen LogP contribution in [0.15, 0.2) is 58.1 Å². The zero-order valence-electron chi connectivity index (χ0n) is 36.9. The summed E-state index contributed by atoms with van der Waals surface area (Å²) in [7, 11) is 2.96. The van der Waals surface area contributed by atoms with Crippen LogP contribution in [-0.2, 0) is 63.4 Å². The van der Waals surface area contributed by atoms with Gasteiger partial charge >= 0.3 is 11.7 Å². The van der Waals surface area contributed by atoms with Crippen molar-refractivity contribution < 1.29 is 57.6 Å². The second-order valence-corrected chi connectivity index (χ2v) is 15.5. The lowest BCUT2D eigenvalue weighted by atomic mass is 10.00. The van der Waals surface area contributed by atoms with Gasteiger partial charge < -0.3 is 49.3 Å². The zero-order valence-corrected chi connectivity index (χ0v) is 38.4. The van der Waals surface area contributed by atoms with Crippen LogP contribution in [0.5, 0.6) is 5.75 Å². The van der Waals surface area contributed by atoms with Gasteiger partial charge in [-0.3, -0.25) is 38.2 Å². The number of nitrogens with one attached hydrogen (secondary N) is 3. The maximum atomic E-state index is 13.2. The number of imide groups is 1. The van der Waals surface area contributed by atoms with Crippen LogP contribution in [0.25, 0.3) is 11.1 Å². The van der Waals surface area contributed by atoms with Gasteiger partial charge in [0.25, 0.3) is 23.3 Å². The first kappa shape index (κ1) is 52.7. The number of carboxylic acid groups (broad SMARTS) is 1. The summed E-state index contributed by atoms with van der Waals surface area (Å²) in [6.45, 7) is 4.94. The van der Waals surface area contributed by atoms with Crippen molar-refractivity contribution in [2.75, 3.05) is 79.1 Å². The number of carbonyl (C=O) groups excluding carboxylic acids is 5. The Balaban J connectivity index is 1.02. The molecule has 1 aromatic heterocycles. The molecule has 1 aliphatic rings. The first-order valence-corrected chi connectivity index (χ1v) is 21.7. The second kappa shape index (κ2) is 26.9. The fourth-order valence-corrected chi connectivity index (χ4v) is 6.96. The minimum absolute atomic E-state index is 0.0154. The largest absolute Gasteiger partial charge is 0.493 e. The van der Waals surface area contributed by atoms with Crippen molar-refractivity contribution in [2.45, 2.75) is 38.6 Å². The molecule has 22 heteroatoms. The SMILES string of the molecule is Cc1c(-c2ccc(C[C@H](NC(=O)c3c(Cl)cc(OCCCNC(=O)CCOCCOCCOCCOCCNC(=O)CCN4C(=O)C=CC4=O)cc3Cl)C(=O)O)cc2)c(=O)n(C)c(=O)n1C. The molecule has 5 amide bonds. The molecule has 4 N–H and O–H groups in total. The Hall–Kier alpha value is -5.90. The summed E-state index contributed by atoms with van der Waals surface area (Å²) >= 11 is 12.8. The van der Waals surface area contributed by atoms with Crippen molar-refractivity contribution in [2.24, 2.45) is 14.1 Å². The number of carboxylic acids is 1. The van der Waals surface area contributed by atoms with E-state index >= 15 is 0 Å². The molecule has 0 fully saturated rings. The van der Waals surface area contributed by atoms with Crippen molar-refractivity contribution in [3.05, 3.63) is 96.3 Å². The highest BCUT2D eigenvalue weighted by atomic mass is 35.5. The summed E-state index contributed by atoms with van der Waals surface area (Å²) in [5.41, 5.74) is 0.872. The zero-order chi connectivity index (χ0) is 48.2. The van der Waals surface area contributed by atoms with Crippen LogP contribution in [0.2, 0.25) is 10.0 Å². The molecule has 0 saturated carbocycles. The number of hydrogen-bond acceptors (Lipinski definition) is 13. The van der Waals surface area contributed by atoms with E-state index in [1.54, 1.807) is 38.2 Å². The van der Waals surface area contributed by atoms with E-state index in [0.29, 0.717) is 75.0 Å². The minimum atomic E-state index is -1.35. The lowest BCUT2D eigenvalue weighted by Gasteiger charge is -2.17. The first-order chi connectivity index (χ1) is 31.6. The van der Waals surface area contributed by atoms with Crippen LogP contribution >= 0.6 is 23.2 Å². The van der Waals surface area contributed by atoms with Crippen LogP contribution in [0.1, 0.15) is 40.9 Å². The average Bonchev–Trinajstić information content (AvgIpc) is 3.60. The van der Waals surface area contributed by atoms with Gasteiger partial charge in [0.2, 0.25) is 11.8 Å².